The predicted molar refractivity (Wildman–Crippen MR) is 130 cm³/mol. The number of nitrogens with zero attached hydrogens (tertiary/aromatic N) is 3. The number of nitrogens with one attached hydrogen (secondary N) is 1. The van der Waals surface area contributed by atoms with Crippen LogP contribution in [0.25, 0.3) is 20.7 Å². The maximum Gasteiger partial charge on any atom is 0.263 e. The van der Waals surface area contributed by atoms with E-state index in [4.69, 9.17) is 4.98 Å². The zero-order valence-electron chi connectivity index (χ0n) is 18.1. The van der Waals surface area contributed by atoms with Crippen molar-refractivity contribution in [2.24, 2.45) is 5.92 Å². The first-order valence-electron chi connectivity index (χ1n) is 10.4. The fraction of sp³-hybridized carbons (Fsp3) is 0.333. The van der Waals surface area contributed by atoms with Crippen LogP contribution in [0.2, 0.25) is 0 Å². The van der Waals surface area contributed by atoms with Gasteiger partial charge in [0.05, 0.1) is 17.2 Å². The predicted octanol–water partition coefficient (Wildman–Crippen LogP) is 4.52. The molecule has 6 nitrogen and oxygen atoms in total. The number of hydrogen-bond acceptors (Lipinski definition) is 6. The largest absolute Gasteiger partial charge is 0.337 e. The number of nitriles is 1. The molecule has 0 saturated heterocycles. The van der Waals surface area contributed by atoms with Crippen molar-refractivity contribution >= 4 is 39.2 Å². The number of aryl methyl sites for hydroxylation is 1. The number of benzene rings is 1. The molecule has 2 heterocycles. The number of carbonyl (C=O) groups excluding carboxylic acids is 1. The Hall–Kier alpha value is -2.89. The second-order valence-corrected chi connectivity index (χ2v) is 10.1. The molecule has 0 bridgehead atoms. The Labute approximate surface area is 195 Å². The molecule has 8 heteroatoms. The van der Waals surface area contributed by atoms with Crippen molar-refractivity contribution < 1.29 is 4.79 Å². The summed E-state index contributed by atoms with van der Waals surface area (Å²) in [7, 11) is 0. The number of fused-ring (bicyclic) bond motifs is 1. The number of thiophene rings is 1. The SMILES string of the molecule is C=CCn1c(SCC(=O)NC(C)(C#N)C2CC2)nc2sc(-c3ccccc3)c(C)c2c1=O. The van der Waals surface area contributed by atoms with Crippen LogP contribution < -0.4 is 10.9 Å². The third kappa shape index (κ3) is 4.23. The summed E-state index contributed by atoms with van der Waals surface area (Å²) in [6.45, 7) is 7.79. The van der Waals surface area contributed by atoms with Gasteiger partial charge in [-0.2, -0.15) is 5.26 Å². The van der Waals surface area contributed by atoms with E-state index in [1.165, 1.54) is 23.1 Å². The molecule has 1 aliphatic rings. The Kier molecular flexibility index (Phi) is 6.22. The average molecular weight is 465 g/mol. The fourth-order valence-corrected chi connectivity index (χ4v) is 5.84. The van der Waals surface area contributed by atoms with Crippen molar-refractivity contribution in [3.63, 3.8) is 0 Å². The number of aromatic nitrogens is 2. The van der Waals surface area contributed by atoms with Crippen molar-refractivity contribution in [1.82, 2.24) is 14.9 Å². The van der Waals surface area contributed by atoms with Gasteiger partial charge in [0.25, 0.3) is 5.56 Å². The van der Waals surface area contributed by atoms with Crippen molar-refractivity contribution in [2.75, 3.05) is 5.75 Å². The van der Waals surface area contributed by atoms with Crippen LogP contribution >= 0.6 is 23.1 Å². The lowest BCUT2D eigenvalue weighted by atomic mass is 9.98. The second kappa shape index (κ2) is 8.93. The van der Waals surface area contributed by atoms with Gasteiger partial charge in [-0.25, -0.2) is 4.98 Å². The van der Waals surface area contributed by atoms with Gasteiger partial charge in [0.15, 0.2) is 5.16 Å². The fourth-order valence-electron chi connectivity index (χ4n) is 3.80. The van der Waals surface area contributed by atoms with Crippen LogP contribution in [0.15, 0.2) is 52.9 Å². The lowest BCUT2D eigenvalue weighted by molar-refractivity contribution is -0.119. The van der Waals surface area contributed by atoms with Crippen LogP contribution in [0.4, 0.5) is 0 Å². The molecule has 2 aromatic heterocycles. The highest BCUT2D eigenvalue weighted by Gasteiger charge is 2.43. The molecule has 0 radical (unpaired) electrons. The molecule has 0 aliphatic heterocycles. The Morgan fingerprint density at radius 3 is 2.78 bits per heavy atom. The van der Waals surface area contributed by atoms with E-state index in [1.807, 2.05) is 37.3 Å². The van der Waals surface area contributed by atoms with Crippen molar-refractivity contribution in [2.45, 2.75) is 43.9 Å². The number of hydrogen-bond donors (Lipinski definition) is 1. The highest BCUT2D eigenvalue weighted by atomic mass is 32.2. The van der Waals surface area contributed by atoms with Gasteiger partial charge in [0.2, 0.25) is 5.91 Å². The van der Waals surface area contributed by atoms with E-state index in [2.05, 4.69) is 18.0 Å². The summed E-state index contributed by atoms with van der Waals surface area (Å²) in [5.74, 6) is 0.0489. The molecule has 1 fully saturated rings. The van der Waals surface area contributed by atoms with Crippen LogP contribution in [-0.2, 0) is 11.3 Å². The quantitative estimate of drug-likeness (QED) is 0.301. The van der Waals surface area contributed by atoms with Crippen LogP contribution in [0.5, 0.6) is 0 Å². The van der Waals surface area contributed by atoms with E-state index < -0.39 is 5.54 Å². The van der Waals surface area contributed by atoms with Gasteiger partial charge in [-0.15, -0.1) is 17.9 Å². The minimum absolute atomic E-state index is 0.0784. The zero-order valence-corrected chi connectivity index (χ0v) is 19.7. The molecule has 4 rings (SSSR count). The lowest BCUT2D eigenvalue weighted by Gasteiger charge is -2.22. The van der Waals surface area contributed by atoms with Gasteiger partial charge in [-0.3, -0.25) is 14.2 Å². The van der Waals surface area contributed by atoms with Crippen LogP contribution in [0.1, 0.15) is 25.3 Å². The molecule has 164 valence electrons. The first kappa shape index (κ1) is 22.3. The van der Waals surface area contributed by atoms with E-state index in [0.29, 0.717) is 21.9 Å². The van der Waals surface area contributed by atoms with Crippen LogP contribution in [0, 0.1) is 24.2 Å². The molecule has 0 spiro atoms. The summed E-state index contributed by atoms with van der Waals surface area (Å²) in [6, 6.07) is 12.2. The summed E-state index contributed by atoms with van der Waals surface area (Å²) in [6.07, 6.45) is 3.56. The minimum atomic E-state index is -0.842. The molecule has 32 heavy (non-hydrogen) atoms. The second-order valence-electron chi connectivity index (χ2n) is 8.13. The first-order chi connectivity index (χ1) is 15.4. The highest BCUT2D eigenvalue weighted by molar-refractivity contribution is 7.99. The Morgan fingerprint density at radius 2 is 2.16 bits per heavy atom. The molecule has 1 unspecified atom stereocenters. The van der Waals surface area contributed by atoms with E-state index in [1.54, 1.807) is 17.6 Å². The maximum absolute atomic E-state index is 13.3. The van der Waals surface area contributed by atoms with Gasteiger partial charge in [-0.05, 0) is 43.7 Å². The number of amides is 1. The van der Waals surface area contributed by atoms with Gasteiger partial charge in [-0.1, -0.05) is 48.2 Å². The smallest absolute Gasteiger partial charge is 0.263 e. The molecule has 1 saturated carbocycles. The van der Waals surface area contributed by atoms with Crippen molar-refractivity contribution in [1.29, 1.82) is 5.26 Å². The number of rotatable bonds is 8. The Balaban J connectivity index is 1.66. The van der Waals surface area contributed by atoms with Crippen molar-refractivity contribution in [3.8, 4) is 16.5 Å². The molecular weight excluding hydrogens is 440 g/mol. The summed E-state index contributed by atoms with van der Waals surface area (Å²) < 4.78 is 1.56. The number of carbonyl (C=O) groups is 1. The van der Waals surface area contributed by atoms with Gasteiger partial charge < -0.3 is 5.32 Å². The van der Waals surface area contributed by atoms with Gasteiger partial charge in [0, 0.05) is 11.4 Å². The molecule has 1 amide bonds. The van der Waals surface area contributed by atoms with E-state index in [9.17, 15) is 14.9 Å². The molecule has 1 aromatic carbocycles. The zero-order chi connectivity index (χ0) is 22.9. The summed E-state index contributed by atoms with van der Waals surface area (Å²) in [5, 5.41) is 13.4. The van der Waals surface area contributed by atoms with Crippen molar-refractivity contribution in [3.05, 3.63) is 58.9 Å². The lowest BCUT2D eigenvalue weighted by Crippen LogP contribution is -2.47. The summed E-state index contributed by atoms with van der Waals surface area (Å²) >= 11 is 2.69. The number of allylic oxidation sites excluding steroid dienone is 1. The monoisotopic (exact) mass is 464 g/mol. The molecule has 1 atom stereocenters. The standard InChI is InChI=1S/C24H24N4O2S2/c1-4-12-28-22(30)19-15(2)20(16-8-6-5-7-9-16)32-21(19)26-23(28)31-13-18(29)27-24(3,14-25)17-10-11-17/h4-9,17H,1,10-13H2,2-3H3,(H,27,29). The minimum Gasteiger partial charge on any atom is -0.337 e. The molecular formula is C24H24N4O2S2. The Morgan fingerprint density at radius 1 is 1.44 bits per heavy atom. The third-order valence-electron chi connectivity index (χ3n) is 5.72. The molecule has 3 aromatic rings. The Bertz CT molecular complexity index is 1290. The van der Waals surface area contributed by atoms with E-state index in [-0.39, 0.29) is 23.1 Å². The third-order valence-corrected chi connectivity index (χ3v) is 7.93. The number of thioether (sulfide) groups is 1. The van der Waals surface area contributed by atoms with Gasteiger partial charge in [0.1, 0.15) is 10.4 Å². The first-order valence-corrected chi connectivity index (χ1v) is 12.2. The normalized spacial score (nSPS) is 15.2. The van der Waals surface area contributed by atoms with Gasteiger partial charge >= 0.3 is 0 Å². The molecule has 1 aliphatic carbocycles. The molecule has 1 N–H and O–H groups in total. The highest BCUT2D eigenvalue weighted by Crippen LogP contribution is 2.39. The van der Waals surface area contributed by atoms with E-state index >= 15 is 0 Å². The summed E-state index contributed by atoms with van der Waals surface area (Å²) in [4.78, 5) is 32.3. The maximum atomic E-state index is 13.3. The van der Waals surface area contributed by atoms with E-state index in [0.717, 1.165) is 28.8 Å². The topological polar surface area (TPSA) is 87.8 Å². The van der Waals surface area contributed by atoms with Crippen LogP contribution in [-0.4, -0.2) is 26.8 Å². The summed E-state index contributed by atoms with van der Waals surface area (Å²) in [5.41, 5.74) is 0.987. The van der Waals surface area contributed by atoms with Crippen LogP contribution in [0.3, 0.4) is 0 Å². The average Bonchev–Trinajstić information content (AvgIpc) is 3.59.